The smallest absolute Gasteiger partial charge is 0.250 e. The molecule has 0 aliphatic heterocycles. The van der Waals surface area contributed by atoms with Crippen molar-refractivity contribution in [1.82, 2.24) is 0 Å². The maximum atomic E-state index is 12.2. The number of benzene rings is 2. The van der Waals surface area contributed by atoms with E-state index in [-0.39, 0.29) is 5.78 Å². The van der Waals surface area contributed by atoms with E-state index in [0.717, 1.165) is 0 Å². The maximum absolute atomic E-state index is 12.2. The molecule has 0 spiro atoms. The van der Waals surface area contributed by atoms with Gasteiger partial charge < -0.3 is 10.4 Å². The van der Waals surface area contributed by atoms with E-state index in [0.29, 0.717) is 16.8 Å². The van der Waals surface area contributed by atoms with Crippen LogP contribution in [0.2, 0.25) is 0 Å². The lowest BCUT2D eigenvalue weighted by Crippen LogP contribution is -2.15. The molecule has 2 N–H and O–H groups in total. The van der Waals surface area contributed by atoms with Gasteiger partial charge in [0.05, 0.1) is 0 Å². The maximum Gasteiger partial charge on any atom is 0.250 e. The van der Waals surface area contributed by atoms with E-state index in [2.05, 4.69) is 5.32 Å². The Morgan fingerprint density at radius 2 is 1.63 bits per heavy atom. The zero-order valence-electron chi connectivity index (χ0n) is 10.2. The first-order valence-corrected chi connectivity index (χ1v) is 5.81. The van der Waals surface area contributed by atoms with Gasteiger partial charge in [-0.1, -0.05) is 42.5 Å². The molecule has 0 heterocycles. The number of aliphatic hydroxyl groups is 1. The van der Waals surface area contributed by atoms with Crippen molar-refractivity contribution < 1.29 is 14.7 Å². The third kappa shape index (κ3) is 3.26. The van der Waals surface area contributed by atoms with E-state index in [1.54, 1.807) is 48.5 Å². The van der Waals surface area contributed by atoms with E-state index in [1.165, 1.54) is 0 Å². The Labute approximate surface area is 110 Å². The molecule has 0 bridgehead atoms. The van der Waals surface area contributed by atoms with Gasteiger partial charge in [-0.15, -0.1) is 0 Å². The standard InChI is InChI=1S/C15H13NO3/c17-10-14(18)16-13-8-4-7-12(9-13)15(19)11-5-2-1-3-6-11/h1-9,17H,10H2,(H,16,18). The number of ketones is 1. The van der Waals surface area contributed by atoms with Crippen LogP contribution in [-0.2, 0) is 4.79 Å². The molecule has 0 aliphatic carbocycles. The van der Waals surface area contributed by atoms with E-state index in [9.17, 15) is 9.59 Å². The molecule has 0 saturated heterocycles. The summed E-state index contributed by atoms with van der Waals surface area (Å²) >= 11 is 0. The first-order chi connectivity index (χ1) is 9.20. The summed E-state index contributed by atoms with van der Waals surface area (Å²) in [4.78, 5) is 23.3. The lowest BCUT2D eigenvalue weighted by Gasteiger charge is -2.06. The number of amides is 1. The first-order valence-electron chi connectivity index (χ1n) is 5.81. The van der Waals surface area contributed by atoms with E-state index in [1.807, 2.05) is 6.07 Å². The Hall–Kier alpha value is -2.46. The highest BCUT2D eigenvalue weighted by Crippen LogP contribution is 2.14. The summed E-state index contributed by atoms with van der Waals surface area (Å²) in [5.74, 6) is -0.620. The molecule has 0 radical (unpaired) electrons. The molecular formula is C15H13NO3. The molecule has 4 nitrogen and oxygen atoms in total. The highest BCUT2D eigenvalue weighted by molar-refractivity contribution is 6.09. The Morgan fingerprint density at radius 3 is 2.32 bits per heavy atom. The third-order valence-electron chi connectivity index (χ3n) is 2.59. The molecule has 96 valence electrons. The molecule has 0 aromatic heterocycles. The second-order valence-electron chi connectivity index (χ2n) is 3.98. The van der Waals surface area contributed by atoms with Crippen molar-refractivity contribution in [2.45, 2.75) is 0 Å². The van der Waals surface area contributed by atoms with E-state index < -0.39 is 12.5 Å². The Morgan fingerprint density at radius 1 is 0.947 bits per heavy atom. The Bertz CT molecular complexity index is 593. The van der Waals surface area contributed by atoms with Crippen molar-refractivity contribution in [3.63, 3.8) is 0 Å². The highest BCUT2D eigenvalue weighted by Gasteiger charge is 2.09. The number of hydrogen-bond acceptors (Lipinski definition) is 3. The second-order valence-corrected chi connectivity index (χ2v) is 3.98. The molecule has 0 fully saturated rings. The average Bonchev–Trinajstić information content (AvgIpc) is 2.47. The van der Waals surface area contributed by atoms with Crippen LogP contribution in [0.3, 0.4) is 0 Å². The predicted molar refractivity (Wildman–Crippen MR) is 72.0 cm³/mol. The SMILES string of the molecule is O=C(CO)Nc1cccc(C(=O)c2ccccc2)c1. The summed E-state index contributed by atoms with van der Waals surface area (Å²) in [5, 5.41) is 11.2. The molecule has 0 atom stereocenters. The first kappa shape index (κ1) is 13.0. The van der Waals surface area contributed by atoms with Crippen LogP contribution in [-0.4, -0.2) is 23.4 Å². The Balaban J connectivity index is 2.24. The van der Waals surface area contributed by atoms with Crippen LogP contribution in [0.1, 0.15) is 15.9 Å². The molecule has 0 unspecified atom stereocenters. The van der Waals surface area contributed by atoms with Crippen LogP contribution in [0.4, 0.5) is 5.69 Å². The van der Waals surface area contributed by atoms with Gasteiger partial charge >= 0.3 is 0 Å². The third-order valence-corrected chi connectivity index (χ3v) is 2.59. The van der Waals surface area contributed by atoms with Gasteiger partial charge in [0.15, 0.2) is 5.78 Å². The molecule has 2 aromatic carbocycles. The number of hydrogen-bond donors (Lipinski definition) is 2. The van der Waals surface area contributed by atoms with E-state index in [4.69, 9.17) is 5.11 Å². The van der Waals surface area contributed by atoms with Crippen LogP contribution < -0.4 is 5.32 Å². The zero-order valence-corrected chi connectivity index (χ0v) is 10.2. The van der Waals surface area contributed by atoms with Crippen LogP contribution >= 0.6 is 0 Å². The van der Waals surface area contributed by atoms with Gasteiger partial charge in [0.25, 0.3) is 0 Å². The van der Waals surface area contributed by atoms with Crippen LogP contribution in [0.5, 0.6) is 0 Å². The number of nitrogens with one attached hydrogen (secondary N) is 1. The quantitative estimate of drug-likeness (QED) is 0.819. The summed E-state index contributed by atoms with van der Waals surface area (Å²) in [7, 11) is 0. The topological polar surface area (TPSA) is 66.4 Å². The van der Waals surface area contributed by atoms with Gasteiger partial charge in [0.1, 0.15) is 6.61 Å². The molecule has 0 aliphatic rings. The number of rotatable bonds is 4. The summed E-state index contributed by atoms with van der Waals surface area (Å²) in [6.07, 6.45) is 0. The van der Waals surface area contributed by atoms with Crippen LogP contribution in [0, 0.1) is 0 Å². The van der Waals surface area contributed by atoms with Gasteiger partial charge in [0.2, 0.25) is 5.91 Å². The molecule has 19 heavy (non-hydrogen) atoms. The molecule has 2 rings (SSSR count). The summed E-state index contributed by atoms with van der Waals surface area (Å²) < 4.78 is 0. The molecule has 2 aromatic rings. The van der Waals surface area contributed by atoms with Crippen molar-refractivity contribution in [3.8, 4) is 0 Å². The number of carbonyl (C=O) groups is 2. The lowest BCUT2D eigenvalue weighted by molar-refractivity contribution is -0.118. The summed E-state index contributed by atoms with van der Waals surface area (Å²) in [6, 6.07) is 15.5. The van der Waals surface area contributed by atoms with Crippen molar-refractivity contribution >= 4 is 17.4 Å². The summed E-state index contributed by atoms with van der Waals surface area (Å²) in [5.41, 5.74) is 1.57. The Kier molecular flexibility index (Phi) is 4.05. The predicted octanol–water partition coefficient (Wildman–Crippen LogP) is 1.85. The minimum Gasteiger partial charge on any atom is -0.387 e. The van der Waals surface area contributed by atoms with E-state index >= 15 is 0 Å². The minimum absolute atomic E-state index is 0.110. The minimum atomic E-state index is -0.586. The average molecular weight is 255 g/mol. The highest BCUT2D eigenvalue weighted by atomic mass is 16.3. The van der Waals surface area contributed by atoms with Crippen molar-refractivity contribution in [1.29, 1.82) is 0 Å². The van der Waals surface area contributed by atoms with Crippen LogP contribution in [0.15, 0.2) is 54.6 Å². The van der Waals surface area contributed by atoms with Crippen molar-refractivity contribution in [2.75, 3.05) is 11.9 Å². The number of anilines is 1. The lowest BCUT2D eigenvalue weighted by atomic mass is 10.0. The number of aliphatic hydroxyl groups excluding tert-OH is 1. The van der Waals surface area contributed by atoms with Gasteiger partial charge in [0, 0.05) is 16.8 Å². The van der Waals surface area contributed by atoms with Crippen molar-refractivity contribution in [3.05, 3.63) is 65.7 Å². The second kappa shape index (κ2) is 5.93. The zero-order chi connectivity index (χ0) is 13.7. The van der Waals surface area contributed by atoms with Gasteiger partial charge in [-0.25, -0.2) is 0 Å². The van der Waals surface area contributed by atoms with Gasteiger partial charge in [-0.3, -0.25) is 9.59 Å². The van der Waals surface area contributed by atoms with Gasteiger partial charge in [-0.2, -0.15) is 0 Å². The van der Waals surface area contributed by atoms with Crippen LogP contribution in [0.25, 0.3) is 0 Å². The molecular weight excluding hydrogens is 242 g/mol. The van der Waals surface area contributed by atoms with Crippen molar-refractivity contribution in [2.24, 2.45) is 0 Å². The fourth-order valence-electron chi connectivity index (χ4n) is 1.69. The largest absolute Gasteiger partial charge is 0.387 e. The monoisotopic (exact) mass is 255 g/mol. The molecule has 0 saturated carbocycles. The molecule has 1 amide bonds. The fourth-order valence-corrected chi connectivity index (χ4v) is 1.69. The summed E-state index contributed by atoms with van der Waals surface area (Å²) in [6.45, 7) is -0.586. The number of carbonyl (C=O) groups excluding carboxylic acids is 2. The fraction of sp³-hybridized carbons (Fsp3) is 0.0667. The normalized spacial score (nSPS) is 9.95. The van der Waals surface area contributed by atoms with Gasteiger partial charge in [-0.05, 0) is 12.1 Å². The molecule has 4 heteroatoms.